The van der Waals surface area contributed by atoms with Crippen LogP contribution < -0.4 is 10.6 Å². The number of aromatic nitrogens is 2. The molecule has 4 nitrogen and oxygen atoms in total. The van der Waals surface area contributed by atoms with E-state index in [1.165, 1.54) is 11.1 Å². The van der Waals surface area contributed by atoms with Gasteiger partial charge in [0.05, 0.1) is 0 Å². The van der Waals surface area contributed by atoms with E-state index < -0.39 is 0 Å². The average Bonchev–Trinajstić information content (AvgIpc) is 2.64. The highest BCUT2D eigenvalue weighted by Crippen LogP contribution is 2.26. The molecule has 0 bridgehead atoms. The summed E-state index contributed by atoms with van der Waals surface area (Å²) in [4.78, 5) is 8.87. The Hall–Kier alpha value is -2.88. The Kier molecular flexibility index (Phi) is 5.52. The van der Waals surface area contributed by atoms with Crippen LogP contribution in [0.5, 0.6) is 0 Å². The molecule has 3 rings (SSSR count). The van der Waals surface area contributed by atoms with Gasteiger partial charge in [0.25, 0.3) is 0 Å². The monoisotopic (exact) mass is 346 g/mol. The van der Waals surface area contributed by atoms with Crippen molar-refractivity contribution in [2.75, 3.05) is 10.6 Å². The van der Waals surface area contributed by atoms with Gasteiger partial charge >= 0.3 is 0 Å². The van der Waals surface area contributed by atoms with Gasteiger partial charge in [0.15, 0.2) is 11.6 Å². The van der Waals surface area contributed by atoms with Gasteiger partial charge in [-0.2, -0.15) is 0 Å². The highest BCUT2D eigenvalue weighted by atomic mass is 15.1. The Balaban J connectivity index is 1.77. The standard InChI is InChI=1S/C22H26N4/c1-15(2)17-5-9-19(10-6-17)25-21-22(24-14-13-23-21)26-20-11-7-18(8-12-20)16(3)4/h5-16H,1-4H3,(H,23,25)(H,24,26). The topological polar surface area (TPSA) is 49.8 Å². The van der Waals surface area contributed by atoms with E-state index in [0.29, 0.717) is 23.5 Å². The molecule has 0 saturated carbocycles. The maximum atomic E-state index is 4.44. The molecule has 0 unspecified atom stereocenters. The lowest BCUT2D eigenvalue weighted by molar-refractivity contribution is 0.867. The normalized spacial score (nSPS) is 11.0. The van der Waals surface area contributed by atoms with Crippen molar-refractivity contribution in [3.63, 3.8) is 0 Å². The minimum atomic E-state index is 0.520. The van der Waals surface area contributed by atoms with Crippen molar-refractivity contribution >= 4 is 23.0 Å². The van der Waals surface area contributed by atoms with Gasteiger partial charge < -0.3 is 10.6 Å². The van der Waals surface area contributed by atoms with Gasteiger partial charge in [-0.15, -0.1) is 0 Å². The minimum Gasteiger partial charge on any atom is -0.337 e. The number of hydrogen-bond acceptors (Lipinski definition) is 4. The molecular formula is C22H26N4. The van der Waals surface area contributed by atoms with Gasteiger partial charge in [-0.05, 0) is 47.2 Å². The Bertz CT molecular complexity index is 764. The zero-order valence-corrected chi connectivity index (χ0v) is 15.8. The minimum absolute atomic E-state index is 0.520. The lowest BCUT2D eigenvalue weighted by Crippen LogP contribution is -2.02. The second-order valence-corrected chi connectivity index (χ2v) is 7.06. The molecule has 134 valence electrons. The van der Waals surface area contributed by atoms with E-state index in [0.717, 1.165) is 11.4 Å². The highest BCUT2D eigenvalue weighted by molar-refractivity contribution is 5.72. The van der Waals surface area contributed by atoms with Crippen molar-refractivity contribution in [1.82, 2.24) is 9.97 Å². The summed E-state index contributed by atoms with van der Waals surface area (Å²) in [5.41, 5.74) is 4.62. The van der Waals surface area contributed by atoms with Crippen molar-refractivity contribution in [2.45, 2.75) is 39.5 Å². The maximum Gasteiger partial charge on any atom is 0.173 e. The van der Waals surface area contributed by atoms with Crippen molar-refractivity contribution in [2.24, 2.45) is 0 Å². The zero-order valence-electron chi connectivity index (χ0n) is 15.8. The van der Waals surface area contributed by atoms with Crippen molar-refractivity contribution < 1.29 is 0 Å². The second kappa shape index (κ2) is 8.00. The highest BCUT2D eigenvalue weighted by Gasteiger charge is 2.07. The smallest absolute Gasteiger partial charge is 0.173 e. The Morgan fingerprint density at radius 1 is 0.577 bits per heavy atom. The van der Waals surface area contributed by atoms with Gasteiger partial charge in [-0.1, -0.05) is 52.0 Å². The van der Waals surface area contributed by atoms with E-state index in [2.05, 4.69) is 96.8 Å². The first-order valence-electron chi connectivity index (χ1n) is 9.08. The quantitative estimate of drug-likeness (QED) is 0.557. The van der Waals surface area contributed by atoms with Crippen molar-refractivity contribution in [1.29, 1.82) is 0 Å². The van der Waals surface area contributed by atoms with E-state index in [9.17, 15) is 0 Å². The SMILES string of the molecule is CC(C)c1ccc(Nc2nccnc2Nc2ccc(C(C)C)cc2)cc1. The van der Waals surface area contributed by atoms with Crippen LogP contribution in [-0.4, -0.2) is 9.97 Å². The van der Waals surface area contributed by atoms with Crippen LogP contribution >= 0.6 is 0 Å². The van der Waals surface area contributed by atoms with Crippen LogP contribution in [0.4, 0.5) is 23.0 Å². The predicted octanol–water partition coefficient (Wildman–Crippen LogP) is 6.21. The lowest BCUT2D eigenvalue weighted by Gasteiger charge is -2.13. The Morgan fingerprint density at radius 3 is 1.23 bits per heavy atom. The van der Waals surface area contributed by atoms with Gasteiger partial charge in [-0.25, -0.2) is 9.97 Å². The summed E-state index contributed by atoms with van der Waals surface area (Å²) in [6.07, 6.45) is 3.38. The molecule has 0 amide bonds. The molecule has 1 heterocycles. The summed E-state index contributed by atoms with van der Waals surface area (Å²) in [7, 11) is 0. The molecule has 0 fully saturated rings. The summed E-state index contributed by atoms with van der Waals surface area (Å²) in [6, 6.07) is 16.9. The first-order valence-corrected chi connectivity index (χ1v) is 9.08. The van der Waals surface area contributed by atoms with E-state index in [1.54, 1.807) is 12.4 Å². The number of nitrogens with zero attached hydrogens (tertiary/aromatic N) is 2. The molecule has 0 radical (unpaired) electrons. The number of nitrogens with one attached hydrogen (secondary N) is 2. The summed E-state index contributed by atoms with van der Waals surface area (Å²) >= 11 is 0. The van der Waals surface area contributed by atoms with Crippen LogP contribution in [0.25, 0.3) is 0 Å². The molecule has 1 aromatic heterocycles. The molecule has 4 heteroatoms. The first kappa shape index (κ1) is 17.9. The van der Waals surface area contributed by atoms with Crippen LogP contribution in [-0.2, 0) is 0 Å². The van der Waals surface area contributed by atoms with Crippen LogP contribution in [0.2, 0.25) is 0 Å². The number of benzene rings is 2. The van der Waals surface area contributed by atoms with Crippen molar-refractivity contribution in [3.05, 3.63) is 72.1 Å². The molecular weight excluding hydrogens is 320 g/mol. The van der Waals surface area contributed by atoms with E-state index >= 15 is 0 Å². The third-order valence-electron chi connectivity index (χ3n) is 4.38. The molecule has 0 atom stereocenters. The van der Waals surface area contributed by atoms with Crippen LogP contribution in [0.3, 0.4) is 0 Å². The van der Waals surface area contributed by atoms with Crippen LogP contribution in [0, 0.1) is 0 Å². The zero-order chi connectivity index (χ0) is 18.5. The fraction of sp³-hybridized carbons (Fsp3) is 0.273. The molecule has 3 aromatic rings. The summed E-state index contributed by atoms with van der Waals surface area (Å²) in [5, 5.41) is 6.70. The molecule has 2 N–H and O–H groups in total. The average molecular weight is 346 g/mol. The second-order valence-electron chi connectivity index (χ2n) is 7.06. The fourth-order valence-corrected chi connectivity index (χ4v) is 2.70. The number of hydrogen-bond donors (Lipinski definition) is 2. The lowest BCUT2D eigenvalue weighted by atomic mass is 10.0. The Labute approximate surface area is 155 Å². The van der Waals surface area contributed by atoms with E-state index in [-0.39, 0.29) is 0 Å². The van der Waals surface area contributed by atoms with Crippen LogP contribution in [0.15, 0.2) is 60.9 Å². The number of rotatable bonds is 6. The van der Waals surface area contributed by atoms with Crippen molar-refractivity contribution in [3.8, 4) is 0 Å². The maximum absolute atomic E-state index is 4.44. The molecule has 0 spiro atoms. The summed E-state index contributed by atoms with van der Waals surface area (Å²) < 4.78 is 0. The summed E-state index contributed by atoms with van der Waals surface area (Å²) in [5.74, 6) is 2.45. The third kappa shape index (κ3) is 4.39. The molecule has 0 aliphatic heterocycles. The molecule has 26 heavy (non-hydrogen) atoms. The molecule has 0 aliphatic carbocycles. The largest absolute Gasteiger partial charge is 0.337 e. The van der Waals surface area contributed by atoms with E-state index in [4.69, 9.17) is 0 Å². The van der Waals surface area contributed by atoms with E-state index in [1.807, 2.05) is 0 Å². The first-order chi connectivity index (χ1) is 12.5. The fourth-order valence-electron chi connectivity index (χ4n) is 2.70. The third-order valence-corrected chi connectivity index (χ3v) is 4.38. The van der Waals surface area contributed by atoms with Gasteiger partial charge in [0, 0.05) is 23.8 Å². The van der Waals surface area contributed by atoms with Gasteiger partial charge in [-0.3, -0.25) is 0 Å². The van der Waals surface area contributed by atoms with Gasteiger partial charge in [0.2, 0.25) is 0 Å². The molecule has 2 aromatic carbocycles. The summed E-state index contributed by atoms with van der Waals surface area (Å²) in [6.45, 7) is 8.77. The molecule has 0 saturated heterocycles. The van der Waals surface area contributed by atoms with Crippen LogP contribution in [0.1, 0.15) is 50.7 Å². The number of anilines is 4. The predicted molar refractivity (Wildman–Crippen MR) is 110 cm³/mol. The molecule has 0 aliphatic rings. The Morgan fingerprint density at radius 2 is 0.923 bits per heavy atom. The van der Waals surface area contributed by atoms with Gasteiger partial charge in [0.1, 0.15) is 0 Å².